The lowest BCUT2D eigenvalue weighted by atomic mass is 9.48. The Kier molecular flexibility index (Phi) is 7.02. The molecule has 0 spiro atoms. The summed E-state index contributed by atoms with van der Waals surface area (Å²) in [5.74, 6) is 3.98. The van der Waals surface area contributed by atoms with E-state index in [4.69, 9.17) is 4.84 Å². The Bertz CT molecular complexity index is 792. The average Bonchev–Trinajstić information content (AvgIpc) is 3.13. The molecule has 1 heterocycles. The third kappa shape index (κ3) is 4.17. The lowest BCUT2D eigenvalue weighted by Gasteiger charge is -2.58. The Labute approximate surface area is 201 Å². The number of hydrogen-bond donors (Lipinski definition) is 0. The van der Waals surface area contributed by atoms with Crippen LogP contribution in [-0.2, 0) is 14.4 Å². The van der Waals surface area contributed by atoms with Gasteiger partial charge in [-0.3, -0.25) is 14.4 Å². The molecule has 0 N–H and O–H groups in total. The Morgan fingerprint density at radius 3 is 2.67 bits per heavy atom. The lowest BCUT2D eigenvalue weighted by Crippen LogP contribution is -2.54. The average molecular weight is 459 g/mol. The molecule has 4 aliphatic rings. The van der Waals surface area contributed by atoms with Crippen molar-refractivity contribution < 1.29 is 14.4 Å². The molecule has 5 nitrogen and oxygen atoms in total. The summed E-state index contributed by atoms with van der Waals surface area (Å²) in [7, 11) is 3.71. The van der Waals surface area contributed by atoms with Gasteiger partial charge in [0.05, 0.1) is 12.3 Å². The van der Waals surface area contributed by atoms with Gasteiger partial charge < -0.3 is 4.90 Å². The van der Waals surface area contributed by atoms with Crippen molar-refractivity contribution in [3.05, 3.63) is 11.8 Å². The van der Waals surface area contributed by atoms with Crippen LogP contribution in [0.3, 0.4) is 0 Å². The second kappa shape index (κ2) is 9.36. The van der Waals surface area contributed by atoms with E-state index in [2.05, 4.69) is 26.8 Å². The molecule has 0 aromatic carbocycles. The normalized spacial score (nSPS) is 38.8. The van der Waals surface area contributed by atoms with Gasteiger partial charge in [0.1, 0.15) is 0 Å². The van der Waals surface area contributed by atoms with Crippen LogP contribution < -0.4 is 0 Å². The van der Waals surface area contributed by atoms with E-state index in [1.54, 1.807) is 9.96 Å². The van der Waals surface area contributed by atoms with Gasteiger partial charge in [-0.15, -0.1) is 0 Å². The summed E-state index contributed by atoms with van der Waals surface area (Å²) in [4.78, 5) is 32.1. The zero-order chi connectivity index (χ0) is 24.0. The number of nitrogens with zero attached hydrogens (tertiary/aromatic N) is 2. The number of hydrogen-bond acceptors (Lipinski definition) is 3. The number of hydroxylamine groups is 2. The summed E-state index contributed by atoms with van der Waals surface area (Å²) in [6, 6.07) is 0. The van der Waals surface area contributed by atoms with Crippen LogP contribution in [0.15, 0.2) is 11.8 Å². The monoisotopic (exact) mass is 458 g/mol. The van der Waals surface area contributed by atoms with Crippen molar-refractivity contribution in [1.82, 2.24) is 9.96 Å². The van der Waals surface area contributed by atoms with Crippen LogP contribution >= 0.6 is 0 Å². The van der Waals surface area contributed by atoms with Crippen LogP contribution in [0.25, 0.3) is 0 Å². The fourth-order valence-corrected chi connectivity index (χ4v) is 8.55. The minimum absolute atomic E-state index is 0.0591. The van der Waals surface area contributed by atoms with Crippen LogP contribution in [0.2, 0.25) is 0 Å². The van der Waals surface area contributed by atoms with E-state index in [9.17, 15) is 9.59 Å². The van der Waals surface area contributed by atoms with Gasteiger partial charge in [-0.05, 0) is 93.3 Å². The molecule has 5 heteroatoms. The summed E-state index contributed by atoms with van der Waals surface area (Å²) in [5, 5.41) is 1.65. The smallest absolute Gasteiger partial charge is 0.250 e. The Morgan fingerprint density at radius 1 is 1.21 bits per heavy atom. The number of fused-ring (bicyclic) bond motifs is 5. The van der Waals surface area contributed by atoms with Crippen LogP contribution in [0.4, 0.5) is 0 Å². The first-order valence-corrected chi connectivity index (χ1v) is 13.5. The highest BCUT2D eigenvalue weighted by atomic mass is 16.7. The summed E-state index contributed by atoms with van der Waals surface area (Å²) in [6.07, 6.45) is 13.1. The van der Waals surface area contributed by atoms with Gasteiger partial charge in [0, 0.05) is 32.4 Å². The number of rotatable bonds is 7. The molecule has 2 saturated carbocycles. The number of amides is 2. The third-order valence-electron chi connectivity index (χ3n) is 10.3. The minimum atomic E-state index is 0.0591. The Hall–Kier alpha value is -1.36. The molecule has 0 bridgehead atoms. The van der Waals surface area contributed by atoms with Crippen LogP contribution in [0, 0.1) is 40.4 Å². The second-order valence-electron chi connectivity index (χ2n) is 12.1. The topological polar surface area (TPSA) is 49.9 Å². The number of carbonyl (C=O) groups is 2. The highest BCUT2D eigenvalue weighted by molar-refractivity contribution is 5.78. The van der Waals surface area contributed by atoms with Gasteiger partial charge in [0.2, 0.25) is 5.91 Å². The van der Waals surface area contributed by atoms with Gasteiger partial charge in [-0.2, -0.15) is 5.06 Å². The molecule has 0 radical (unpaired) electrons. The predicted molar refractivity (Wildman–Crippen MR) is 131 cm³/mol. The van der Waals surface area contributed by atoms with Crippen molar-refractivity contribution >= 4 is 11.8 Å². The van der Waals surface area contributed by atoms with Crippen molar-refractivity contribution in [1.29, 1.82) is 0 Å². The lowest BCUT2D eigenvalue weighted by molar-refractivity contribution is -0.192. The molecule has 2 amide bonds. The molecule has 3 aliphatic carbocycles. The van der Waals surface area contributed by atoms with Gasteiger partial charge >= 0.3 is 0 Å². The molecule has 186 valence electrons. The molecule has 4 rings (SSSR count). The SMILES string of the molecule is CCON1C(=O)CC[C@@]2(C)C1=CC[C@H]1[C@@H]3CC[C@H]([C@H](C)CCCC(=O)N(C)C)[C@@]3(C)CC[C@@H]12. The maximum atomic E-state index is 12.6. The number of carbonyl (C=O) groups excluding carboxylic acids is 2. The predicted octanol–water partition coefficient (Wildman–Crippen LogP) is 5.81. The highest BCUT2D eigenvalue weighted by Crippen LogP contribution is 2.67. The van der Waals surface area contributed by atoms with Crippen LogP contribution in [-0.4, -0.2) is 42.5 Å². The maximum absolute atomic E-state index is 12.6. The third-order valence-corrected chi connectivity index (χ3v) is 10.3. The van der Waals surface area contributed by atoms with E-state index in [0.717, 1.165) is 49.1 Å². The molecule has 1 aliphatic heterocycles. The fraction of sp³-hybridized carbons (Fsp3) is 0.857. The summed E-state index contributed by atoms with van der Waals surface area (Å²) < 4.78 is 0. The van der Waals surface area contributed by atoms with E-state index >= 15 is 0 Å². The van der Waals surface area contributed by atoms with E-state index in [0.29, 0.717) is 36.7 Å². The zero-order valence-corrected chi connectivity index (χ0v) is 21.9. The Balaban J connectivity index is 1.48. The van der Waals surface area contributed by atoms with Crippen LogP contribution in [0.5, 0.6) is 0 Å². The molecule has 0 unspecified atom stereocenters. The van der Waals surface area contributed by atoms with E-state index < -0.39 is 0 Å². The summed E-state index contributed by atoms with van der Waals surface area (Å²) >= 11 is 0. The van der Waals surface area contributed by atoms with Gasteiger partial charge in [-0.1, -0.05) is 26.8 Å². The molecular formula is C28H46N2O3. The fourth-order valence-electron chi connectivity index (χ4n) is 8.55. The van der Waals surface area contributed by atoms with Crippen molar-refractivity contribution in [3.63, 3.8) is 0 Å². The van der Waals surface area contributed by atoms with Crippen molar-refractivity contribution in [2.75, 3.05) is 20.7 Å². The van der Waals surface area contributed by atoms with E-state index in [1.807, 2.05) is 21.0 Å². The van der Waals surface area contributed by atoms with Gasteiger partial charge in [-0.25, -0.2) is 0 Å². The zero-order valence-electron chi connectivity index (χ0n) is 21.9. The highest BCUT2D eigenvalue weighted by Gasteiger charge is 2.60. The molecular weight excluding hydrogens is 412 g/mol. The van der Waals surface area contributed by atoms with Crippen molar-refractivity contribution in [2.45, 2.75) is 91.9 Å². The number of allylic oxidation sites excluding steroid dienone is 2. The molecule has 3 fully saturated rings. The van der Waals surface area contributed by atoms with Gasteiger partial charge in [0.25, 0.3) is 5.91 Å². The van der Waals surface area contributed by atoms with Crippen molar-refractivity contribution in [2.24, 2.45) is 40.4 Å². The quantitative estimate of drug-likeness (QED) is 0.484. The molecule has 7 atom stereocenters. The van der Waals surface area contributed by atoms with Gasteiger partial charge in [0.15, 0.2) is 0 Å². The Morgan fingerprint density at radius 2 is 1.97 bits per heavy atom. The standard InChI is InChI=1S/C28H46N2O3/c1-7-33-30-24-14-11-20-22-13-12-21(19(2)9-8-10-25(31)29(5)6)27(22,3)17-15-23(20)28(24,4)18-16-26(30)32/h14,19-23H,7-13,15-18H2,1-6H3/t19-,20+,21-,22+,23+,27-,28-/m1/s1. The summed E-state index contributed by atoms with van der Waals surface area (Å²) in [6.45, 7) is 9.94. The molecule has 1 saturated heterocycles. The van der Waals surface area contributed by atoms with E-state index in [1.165, 1.54) is 25.7 Å². The molecule has 0 aromatic rings. The largest absolute Gasteiger partial charge is 0.349 e. The first-order valence-electron chi connectivity index (χ1n) is 13.5. The first-order chi connectivity index (χ1) is 15.6. The van der Waals surface area contributed by atoms with E-state index in [-0.39, 0.29) is 17.2 Å². The van der Waals surface area contributed by atoms with Crippen molar-refractivity contribution in [3.8, 4) is 0 Å². The first kappa shape index (κ1) is 24.8. The minimum Gasteiger partial charge on any atom is -0.349 e. The maximum Gasteiger partial charge on any atom is 0.250 e. The summed E-state index contributed by atoms with van der Waals surface area (Å²) in [5.41, 5.74) is 1.63. The van der Waals surface area contributed by atoms with Crippen LogP contribution in [0.1, 0.15) is 91.9 Å². The second-order valence-corrected chi connectivity index (χ2v) is 12.1. The number of piperidine rings is 1. The molecule has 0 aromatic heterocycles. The molecule has 33 heavy (non-hydrogen) atoms.